The molecule has 0 atom stereocenters. The van der Waals surface area contributed by atoms with Crippen LogP contribution in [-0.2, 0) is 14.8 Å². The van der Waals surface area contributed by atoms with Crippen molar-refractivity contribution in [2.45, 2.75) is 45.4 Å². The summed E-state index contributed by atoms with van der Waals surface area (Å²) in [5.74, 6) is 0.229. The standard InChI is InChI=1S/C26H32N4O4S/c1-6-34-26(31)24-25(28-23-16-19(5)18(4)15-22(23)27-24)29-11-13-30(14-12-29)35(32,33)21-9-7-20(8-10-21)17(2)3/h7-10,15-17H,6,11-14H2,1-5H3. The molecule has 2 aromatic carbocycles. The minimum absolute atomic E-state index is 0.156. The third-order valence-corrected chi connectivity index (χ3v) is 8.37. The number of esters is 1. The monoisotopic (exact) mass is 496 g/mol. The Bertz CT molecular complexity index is 1350. The van der Waals surface area contributed by atoms with E-state index < -0.39 is 16.0 Å². The summed E-state index contributed by atoms with van der Waals surface area (Å²) in [4.78, 5) is 24.3. The van der Waals surface area contributed by atoms with Crippen molar-refractivity contribution in [1.82, 2.24) is 14.3 Å². The van der Waals surface area contributed by atoms with Gasteiger partial charge in [-0.05, 0) is 67.6 Å². The fourth-order valence-electron chi connectivity index (χ4n) is 4.17. The van der Waals surface area contributed by atoms with Crippen LogP contribution in [0.4, 0.5) is 5.82 Å². The second-order valence-corrected chi connectivity index (χ2v) is 11.1. The summed E-state index contributed by atoms with van der Waals surface area (Å²) in [5, 5.41) is 0. The molecule has 0 saturated carbocycles. The van der Waals surface area contributed by atoms with Crippen LogP contribution in [0.2, 0.25) is 0 Å². The highest BCUT2D eigenvalue weighted by Crippen LogP contribution is 2.27. The summed E-state index contributed by atoms with van der Waals surface area (Å²) < 4.78 is 33.2. The van der Waals surface area contributed by atoms with Crippen molar-refractivity contribution in [1.29, 1.82) is 0 Å². The second kappa shape index (κ2) is 9.91. The molecule has 1 aliphatic heterocycles. The van der Waals surface area contributed by atoms with Gasteiger partial charge in [-0.15, -0.1) is 0 Å². The number of fused-ring (bicyclic) bond motifs is 1. The maximum absolute atomic E-state index is 13.2. The van der Waals surface area contributed by atoms with E-state index in [1.165, 1.54) is 4.31 Å². The fraction of sp³-hybridized carbons (Fsp3) is 0.423. The van der Waals surface area contributed by atoms with Crippen molar-refractivity contribution < 1.29 is 17.9 Å². The highest BCUT2D eigenvalue weighted by molar-refractivity contribution is 7.89. The minimum Gasteiger partial charge on any atom is -0.461 e. The summed E-state index contributed by atoms with van der Waals surface area (Å²) >= 11 is 0. The van der Waals surface area contributed by atoms with Gasteiger partial charge >= 0.3 is 5.97 Å². The maximum atomic E-state index is 13.2. The number of carbonyl (C=O) groups excluding carboxylic acids is 1. The van der Waals surface area contributed by atoms with Crippen LogP contribution in [-0.4, -0.2) is 61.4 Å². The first-order chi connectivity index (χ1) is 16.6. The van der Waals surface area contributed by atoms with Crippen LogP contribution in [0.3, 0.4) is 0 Å². The lowest BCUT2D eigenvalue weighted by Gasteiger charge is -2.35. The number of hydrogen-bond acceptors (Lipinski definition) is 7. The highest BCUT2D eigenvalue weighted by atomic mass is 32.2. The zero-order valence-corrected chi connectivity index (χ0v) is 21.7. The van der Waals surface area contributed by atoms with E-state index in [4.69, 9.17) is 9.72 Å². The lowest BCUT2D eigenvalue weighted by molar-refractivity contribution is 0.0520. The fourth-order valence-corrected chi connectivity index (χ4v) is 5.60. The molecule has 8 nitrogen and oxygen atoms in total. The first-order valence-electron chi connectivity index (χ1n) is 11.9. The molecule has 0 bridgehead atoms. The molecule has 35 heavy (non-hydrogen) atoms. The molecule has 1 aromatic heterocycles. The molecule has 0 radical (unpaired) electrons. The van der Waals surface area contributed by atoms with Crippen LogP contribution >= 0.6 is 0 Å². The first-order valence-corrected chi connectivity index (χ1v) is 13.4. The third-order valence-electron chi connectivity index (χ3n) is 6.45. The molecule has 0 spiro atoms. The van der Waals surface area contributed by atoms with Gasteiger partial charge in [0.2, 0.25) is 10.0 Å². The van der Waals surface area contributed by atoms with Crippen LogP contribution in [0.1, 0.15) is 53.9 Å². The third kappa shape index (κ3) is 5.01. The van der Waals surface area contributed by atoms with E-state index in [2.05, 4.69) is 18.8 Å². The minimum atomic E-state index is -3.61. The summed E-state index contributed by atoms with van der Waals surface area (Å²) in [5.41, 5.74) is 4.72. The lowest BCUT2D eigenvalue weighted by atomic mass is 10.0. The van der Waals surface area contributed by atoms with E-state index in [-0.39, 0.29) is 25.4 Å². The van der Waals surface area contributed by atoms with Crippen LogP contribution in [0, 0.1) is 13.8 Å². The number of piperazine rings is 1. The van der Waals surface area contributed by atoms with Gasteiger partial charge in [-0.25, -0.2) is 23.2 Å². The van der Waals surface area contributed by atoms with E-state index in [0.29, 0.717) is 40.8 Å². The van der Waals surface area contributed by atoms with Gasteiger partial charge in [-0.1, -0.05) is 26.0 Å². The van der Waals surface area contributed by atoms with E-state index in [9.17, 15) is 13.2 Å². The first kappa shape index (κ1) is 25.1. The number of aryl methyl sites for hydroxylation is 2. The predicted octanol–water partition coefficient (Wildman–Crippen LogP) is 4.06. The van der Waals surface area contributed by atoms with Gasteiger partial charge in [0.1, 0.15) is 0 Å². The molecular formula is C26H32N4O4S. The number of rotatable bonds is 6. The number of carbonyl (C=O) groups is 1. The summed E-state index contributed by atoms with van der Waals surface area (Å²) in [6.07, 6.45) is 0. The summed E-state index contributed by atoms with van der Waals surface area (Å²) in [6.45, 7) is 11.5. The van der Waals surface area contributed by atoms with Crippen LogP contribution in [0.25, 0.3) is 11.0 Å². The quantitative estimate of drug-likeness (QED) is 0.475. The average Bonchev–Trinajstić information content (AvgIpc) is 2.84. The smallest absolute Gasteiger partial charge is 0.360 e. The molecule has 0 unspecified atom stereocenters. The molecule has 4 rings (SSSR count). The number of ether oxygens (including phenoxy) is 1. The van der Waals surface area contributed by atoms with E-state index in [1.807, 2.05) is 43.0 Å². The van der Waals surface area contributed by atoms with Crippen molar-refractivity contribution in [3.63, 3.8) is 0 Å². The van der Waals surface area contributed by atoms with E-state index in [0.717, 1.165) is 16.7 Å². The Morgan fingerprint density at radius 3 is 2.09 bits per heavy atom. The number of nitrogens with zero attached hydrogens (tertiary/aromatic N) is 4. The number of aromatic nitrogens is 2. The Morgan fingerprint density at radius 1 is 0.971 bits per heavy atom. The van der Waals surface area contributed by atoms with Gasteiger partial charge in [0.25, 0.3) is 0 Å². The molecule has 186 valence electrons. The van der Waals surface area contributed by atoms with Crippen molar-refractivity contribution >= 4 is 32.8 Å². The molecule has 1 fully saturated rings. The summed E-state index contributed by atoms with van der Waals surface area (Å²) in [6, 6.07) is 11.0. The largest absolute Gasteiger partial charge is 0.461 e. The van der Waals surface area contributed by atoms with Crippen molar-refractivity contribution in [2.24, 2.45) is 0 Å². The normalized spacial score (nSPS) is 15.1. The van der Waals surface area contributed by atoms with Crippen molar-refractivity contribution in [2.75, 3.05) is 37.7 Å². The van der Waals surface area contributed by atoms with Crippen molar-refractivity contribution in [3.05, 3.63) is 58.8 Å². The van der Waals surface area contributed by atoms with Gasteiger partial charge in [0.05, 0.1) is 22.5 Å². The Morgan fingerprint density at radius 2 is 1.54 bits per heavy atom. The van der Waals surface area contributed by atoms with Gasteiger partial charge in [-0.2, -0.15) is 4.31 Å². The van der Waals surface area contributed by atoms with Gasteiger partial charge < -0.3 is 9.64 Å². The molecular weight excluding hydrogens is 464 g/mol. The highest BCUT2D eigenvalue weighted by Gasteiger charge is 2.31. The number of anilines is 1. The predicted molar refractivity (Wildman–Crippen MR) is 136 cm³/mol. The number of sulfonamides is 1. The Balaban J connectivity index is 1.61. The molecule has 1 aliphatic rings. The molecule has 0 aliphatic carbocycles. The molecule has 2 heterocycles. The van der Waals surface area contributed by atoms with Crippen LogP contribution in [0.5, 0.6) is 0 Å². The average molecular weight is 497 g/mol. The van der Waals surface area contributed by atoms with E-state index >= 15 is 0 Å². The Hall–Kier alpha value is -3.04. The number of hydrogen-bond donors (Lipinski definition) is 0. The Labute approximate surface area is 207 Å². The topological polar surface area (TPSA) is 92.7 Å². The van der Waals surface area contributed by atoms with Gasteiger partial charge in [0.15, 0.2) is 11.5 Å². The second-order valence-electron chi connectivity index (χ2n) is 9.16. The van der Waals surface area contributed by atoms with Crippen LogP contribution < -0.4 is 4.90 Å². The molecule has 1 saturated heterocycles. The van der Waals surface area contributed by atoms with Crippen molar-refractivity contribution in [3.8, 4) is 0 Å². The Kier molecular flexibility index (Phi) is 7.10. The molecule has 9 heteroatoms. The van der Waals surface area contributed by atoms with Gasteiger partial charge in [0, 0.05) is 26.2 Å². The van der Waals surface area contributed by atoms with E-state index in [1.54, 1.807) is 19.1 Å². The molecule has 3 aromatic rings. The zero-order chi connectivity index (χ0) is 25.3. The zero-order valence-electron chi connectivity index (χ0n) is 20.9. The lowest BCUT2D eigenvalue weighted by Crippen LogP contribution is -2.49. The SMILES string of the molecule is CCOC(=O)c1nc2cc(C)c(C)cc2nc1N1CCN(S(=O)(=O)c2ccc(C(C)C)cc2)CC1. The van der Waals surface area contributed by atoms with Gasteiger partial charge in [-0.3, -0.25) is 0 Å². The maximum Gasteiger partial charge on any atom is 0.360 e. The number of benzene rings is 2. The molecule has 0 amide bonds. The van der Waals surface area contributed by atoms with Crippen LogP contribution in [0.15, 0.2) is 41.3 Å². The molecule has 0 N–H and O–H groups in total. The summed E-state index contributed by atoms with van der Waals surface area (Å²) in [7, 11) is -3.61.